The van der Waals surface area contributed by atoms with E-state index in [9.17, 15) is 9.50 Å². The van der Waals surface area contributed by atoms with Crippen molar-refractivity contribution in [2.75, 3.05) is 20.4 Å². The van der Waals surface area contributed by atoms with E-state index < -0.39 is 5.60 Å². The Hall–Kier alpha value is -2.64. The zero-order chi connectivity index (χ0) is 19.3. The molecular formula is C20H24FN3O3. The summed E-state index contributed by atoms with van der Waals surface area (Å²) in [4.78, 5) is 4.16. The predicted molar refractivity (Wildman–Crippen MR) is 101 cm³/mol. The third-order valence-corrected chi connectivity index (χ3v) is 4.42. The summed E-state index contributed by atoms with van der Waals surface area (Å²) in [7, 11) is 1.64. The highest BCUT2D eigenvalue weighted by Gasteiger charge is 2.23. The van der Waals surface area contributed by atoms with Crippen LogP contribution in [0.15, 0.2) is 47.5 Å². The van der Waals surface area contributed by atoms with Gasteiger partial charge < -0.3 is 25.2 Å². The molecule has 1 heterocycles. The van der Waals surface area contributed by atoms with E-state index in [-0.39, 0.29) is 19.2 Å². The van der Waals surface area contributed by atoms with E-state index in [0.29, 0.717) is 36.0 Å². The third kappa shape index (κ3) is 4.75. The van der Waals surface area contributed by atoms with Crippen molar-refractivity contribution in [3.05, 3.63) is 65.0 Å². The average Bonchev–Trinajstić information content (AvgIpc) is 2.68. The fourth-order valence-electron chi connectivity index (χ4n) is 2.94. The van der Waals surface area contributed by atoms with Gasteiger partial charge in [-0.1, -0.05) is 30.3 Å². The average molecular weight is 373 g/mol. The van der Waals surface area contributed by atoms with E-state index >= 15 is 0 Å². The normalized spacial score (nSPS) is 16.1. The van der Waals surface area contributed by atoms with Crippen LogP contribution in [0.25, 0.3) is 0 Å². The number of benzene rings is 2. The molecule has 0 radical (unpaired) electrons. The maximum atomic E-state index is 13.8. The Labute approximate surface area is 158 Å². The monoisotopic (exact) mass is 373 g/mol. The van der Waals surface area contributed by atoms with E-state index in [1.54, 1.807) is 14.0 Å². The molecule has 3 rings (SSSR count). The Morgan fingerprint density at radius 1 is 1.26 bits per heavy atom. The second kappa shape index (κ2) is 8.37. The first-order chi connectivity index (χ1) is 13.0. The van der Waals surface area contributed by atoms with E-state index in [0.717, 1.165) is 5.56 Å². The molecule has 0 aliphatic carbocycles. The van der Waals surface area contributed by atoms with Crippen molar-refractivity contribution in [3.8, 4) is 5.75 Å². The molecule has 1 atom stereocenters. The van der Waals surface area contributed by atoms with Gasteiger partial charge in [-0.25, -0.2) is 4.39 Å². The van der Waals surface area contributed by atoms with E-state index in [1.807, 2.05) is 30.3 Å². The maximum Gasteiger partial charge on any atom is 0.191 e. The predicted octanol–water partition coefficient (Wildman–Crippen LogP) is 2.26. The number of halogens is 1. The summed E-state index contributed by atoms with van der Waals surface area (Å²) in [5, 5.41) is 16.9. The third-order valence-electron chi connectivity index (χ3n) is 4.42. The molecule has 0 bridgehead atoms. The summed E-state index contributed by atoms with van der Waals surface area (Å²) >= 11 is 0. The van der Waals surface area contributed by atoms with Gasteiger partial charge in [0.2, 0.25) is 0 Å². The highest BCUT2D eigenvalue weighted by Crippen LogP contribution is 2.29. The molecule has 3 N–H and O–H groups in total. The van der Waals surface area contributed by atoms with Crippen molar-refractivity contribution >= 4 is 5.96 Å². The fourth-order valence-corrected chi connectivity index (χ4v) is 2.94. The van der Waals surface area contributed by atoms with Crippen molar-refractivity contribution in [2.24, 2.45) is 4.99 Å². The molecule has 0 saturated heterocycles. The Bertz CT molecular complexity index is 810. The van der Waals surface area contributed by atoms with Crippen LogP contribution in [0, 0.1) is 5.82 Å². The number of nitrogens with zero attached hydrogens (tertiary/aromatic N) is 1. The number of hydrogen-bond acceptors (Lipinski definition) is 4. The summed E-state index contributed by atoms with van der Waals surface area (Å²) < 4.78 is 24.6. The van der Waals surface area contributed by atoms with Crippen LogP contribution in [-0.4, -0.2) is 31.5 Å². The van der Waals surface area contributed by atoms with Gasteiger partial charge in [0.25, 0.3) is 0 Å². The first-order valence-corrected chi connectivity index (χ1v) is 8.74. The van der Waals surface area contributed by atoms with E-state index in [2.05, 4.69) is 15.6 Å². The van der Waals surface area contributed by atoms with Gasteiger partial charge in [-0.2, -0.15) is 0 Å². The smallest absolute Gasteiger partial charge is 0.191 e. The number of guanidine groups is 1. The largest absolute Gasteiger partial charge is 0.467 e. The molecular weight excluding hydrogens is 349 g/mol. The zero-order valence-electron chi connectivity index (χ0n) is 15.5. The van der Waals surface area contributed by atoms with Crippen LogP contribution in [0.4, 0.5) is 4.39 Å². The van der Waals surface area contributed by atoms with E-state index in [1.165, 1.54) is 12.1 Å². The summed E-state index contributed by atoms with van der Waals surface area (Å²) in [5.74, 6) is 0.799. The van der Waals surface area contributed by atoms with Crippen LogP contribution < -0.4 is 15.4 Å². The summed E-state index contributed by atoms with van der Waals surface area (Å²) in [5.41, 5.74) is 1.12. The molecule has 27 heavy (non-hydrogen) atoms. The number of hydrogen-bond donors (Lipinski definition) is 3. The van der Waals surface area contributed by atoms with Gasteiger partial charge in [-0.05, 0) is 24.6 Å². The SMILES string of the molecule is CN=C(NCc1cc(F)cc2c1OCOC2)NCC(C)(O)c1ccccc1. The lowest BCUT2D eigenvalue weighted by Gasteiger charge is -2.26. The minimum absolute atomic E-state index is 0.151. The molecule has 1 unspecified atom stereocenters. The van der Waals surface area contributed by atoms with Crippen molar-refractivity contribution in [3.63, 3.8) is 0 Å². The van der Waals surface area contributed by atoms with Crippen molar-refractivity contribution in [2.45, 2.75) is 25.7 Å². The van der Waals surface area contributed by atoms with E-state index in [4.69, 9.17) is 9.47 Å². The van der Waals surface area contributed by atoms with Crippen molar-refractivity contribution in [1.29, 1.82) is 0 Å². The molecule has 144 valence electrons. The standard InChI is InChI=1S/C20H24FN3O3/c1-20(25,16-6-4-3-5-7-16)12-24-19(22-2)23-10-14-8-17(21)9-15-11-26-13-27-18(14)15/h3-9,25H,10-13H2,1-2H3,(H2,22,23,24). The molecule has 1 aliphatic rings. The fraction of sp³-hybridized carbons (Fsp3) is 0.350. The second-order valence-electron chi connectivity index (χ2n) is 6.58. The molecule has 2 aromatic rings. The molecule has 1 aliphatic heterocycles. The zero-order valence-corrected chi connectivity index (χ0v) is 15.5. The minimum atomic E-state index is -1.06. The van der Waals surface area contributed by atoms with Gasteiger partial charge in [0.1, 0.15) is 17.2 Å². The van der Waals surface area contributed by atoms with Crippen LogP contribution in [-0.2, 0) is 23.5 Å². The summed E-state index contributed by atoms with van der Waals surface area (Å²) in [6, 6.07) is 12.3. The molecule has 6 nitrogen and oxygen atoms in total. The van der Waals surface area contributed by atoms with Gasteiger partial charge in [-0.3, -0.25) is 4.99 Å². The van der Waals surface area contributed by atoms with Crippen molar-refractivity contribution in [1.82, 2.24) is 10.6 Å². The number of fused-ring (bicyclic) bond motifs is 1. The number of aliphatic hydroxyl groups is 1. The Kier molecular flexibility index (Phi) is 5.93. The van der Waals surface area contributed by atoms with Crippen molar-refractivity contribution < 1.29 is 19.0 Å². The lowest BCUT2D eigenvalue weighted by molar-refractivity contribution is -0.0173. The number of rotatable bonds is 5. The topological polar surface area (TPSA) is 75.1 Å². The highest BCUT2D eigenvalue weighted by atomic mass is 19.1. The molecule has 7 heteroatoms. The number of nitrogens with one attached hydrogen (secondary N) is 2. The first-order valence-electron chi connectivity index (χ1n) is 8.74. The van der Waals surface area contributed by atoms with Crippen LogP contribution in [0.2, 0.25) is 0 Å². The first kappa shape index (κ1) is 19.1. The highest BCUT2D eigenvalue weighted by molar-refractivity contribution is 5.79. The Morgan fingerprint density at radius 2 is 2.04 bits per heavy atom. The van der Waals surface area contributed by atoms with Gasteiger partial charge in [0.05, 0.1) is 13.2 Å². The van der Waals surface area contributed by atoms with Crippen LogP contribution in [0.3, 0.4) is 0 Å². The lowest BCUT2D eigenvalue weighted by Crippen LogP contribution is -2.44. The van der Waals surface area contributed by atoms with Gasteiger partial charge in [0, 0.05) is 24.7 Å². The van der Waals surface area contributed by atoms with Crippen LogP contribution in [0.5, 0.6) is 5.75 Å². The summed E-state index contributed by atoms with van der Waals surface area (Å²) in [6.45, 7) is 2.81. The quantitative estimate of drug-likeness (QED) is 0.554. The molecule has 0 aromatic heterocycles. The molecule has 0 saturated carbocycles. The van der Waals surface area contributed by atoms with Gasteiger partial charge in [-0.15, -0.1) is 0 Å². The second-order valence-corrected chi connectivity index (χ2v) is 6.58. The molecule has 0 amide bonds. The summed E-state index contributed by atoms with van der Waals surface area (Å²) in [6.07, 6.45) is 0. The molecule has 0 fully saturated rings. The number of aliphatic imine (C=N–C) groups is 1. The Balaban J connectivity index is 1.63. The van der Waals surface area contributed by atoms with Gasteiger partial charge >= 0.3 is 0 Å². The molecule has 0 spiro atoms. The number of ether oxygens (including phenoxy) is 2. The van der Waals surface area contributed by atoms with Gasteiger partial charge in [0.15, 0.2) is 12.8 Å². The van der Waals surface area contributed by atoms with Crippen LogP contribution >= 0.6 is 0 Å². The van der Waals surface area contributed by atoms with Crippen LogP contribution in [0.1, 0.15) is 23.6 Å². The maximum absolute atomic E-state index is 13.8. The lowest BCUT2D eigenvalue weighted by atomic mass is 9.96. The Morgan fingerprint density at radius 3 is 2.78 bits per heavy atom. The minimum Gasteiger partial charge on any atom is -0.467 e. The molecule has 2 aromatic carbocycles.